The van der Waals surface area contributed by atoms with Crippen LogP contribution in [0.25, 0.3) is 0 Å². The summed E-state index contributed by atoms with van der Waals surface area (Å²) >= 11 is 0. The summed E-state index contributed by atoms with van der Waals surface area (Å²) in [6.07, 6.45) is 1.31. The van der Waals surface area contributed by atoms with Crippen LogP contribution in [0.4, 0.5) is 0 Å². The average molecular weight is 255 g/mol. The van der Waals surface area contributed by atoms with Crippen molar-refractivity contribution in [3.63, 3.8) is 0 Å². The molecule has 0 aliphatic heterocycles. The Labute approximate surface area is 108 Å². The summed E-state index contributed by atoms with van der Waals surface area (Å²) in [6.45, 7) is 9.26. The van der Waals surface area contributed by atoms with Crippen molar-refractivity contribution in [2.24, 2.45) is 5.92 Å². The Morgan fingerprint density at radius 3 is 2.06 bits per heavy atom. The van der Waals surface area contributed by atoms with Crippen molar-refractivity contribution < 1.29 is 18.7 Å². The second kappa shape index (κ2) is 7.63. The first-order valence-electron chi connectivity index (χ1n) is 5.83. The van der Waals surface area contributed by atoms with Crippen LogP contribution in [0.5, 0.6) is 0 Å². The summed E-state index contributed by atoms with van der Waals surface area (Å²) in [5.41, 5.74) is 0.223. The van der Waals surface area contributed by atoms with Crippen molar-refractivity contribution in [3.8, 4) is 0 Å². The number of Topliss-reactive ketones (excluding diaryl/α,β-unsaturated/α-hetero) is 1. The van der Waals surface area contributed by atoms with Gasteiger partial charge in [-0.1, -0.05) is 27.7 Å². The first-order chi connectivity index (χ1) is 8.29. The van der Waals surface area contributed by atoms with Gasteiger partial charge in [0.25, 0.3) is 0 Å². The van der Waals surface area contributed by atoms with E-state index in [2.05, 4.69) is 9.72 Å². The fraction of sp³-hybridized carbons (Fsp3) is 0.615. The van der Waals surface area contributed by atoms with E-state index < -0.39 is 5.97 Å². The van der Waals surface area contributed by atoms with E-state index in [4.69, 9.17) is 4.42 Å². The lowest BCUT2D eigenvalue weighted by Crippen LogP contribution is -2.01. The quantitative estimate of drug-likeness (QED) is 0.777. The minimum Gasteiger partial charge on any atom is -0.464 e. The standard InChI is InChI=1S/C8H11NO3.C5H10O/c1-5(2)7-9-6(4-12-7)8(10)11-3;1-4(2)5(3)6/h4-5H,1-3H3;4H,1-3H3. The molecule has 0 aromatic carbocycles. The molecule has 0 unspecified atom stereocenters. The number of hydrogen-bond donors (Lipinski definition) is 0. The second-order valence-corrected chi connectivity index (χ2v) is 4.48. The topological polar surface area (TPSA) is 69.4 Å². The zero-order valence-corrected chi connectivity index (χ0v) is 11.8. The predicted octanol–water partition coefficient (Wildman–Crippen LogP) is 2.82. The number of ether oxygens (including phenoxy) is 1. The van der Waals surface area contributed by atoms with Gasteiger partial charge in [-0.15, -0.1) is 0 Å². The van der Waals surface area contributed by atoms with Crippen molar-refractivity contribution in [3.05, 3.63) is 17.8 Å². The Kier molecular flexibility index (Phi) is 6.93. The molecule has 0 bridgehead atoms. The molecule has 0 radical (unpaired) electrons. The highest BCUT2D eigenvalue weighted by molar-refractivity contribution is 5.86. The predicted molar refractivity (Wildman–Crippen MR) is 67.5 cm³/mol. The lowest BCUT2D eigenvalue weighted by atomic mass is 10.1. The van der Waals surface area contributed by atoms with E-state index in [0.717, 1.165) is 0 Å². The van der Waals surface area contributed by atoms with Gasteiger partial charge in [-0.05, 0) is 6.92 Å². The summed E-state index contributed by atoms with van der Waals surface area (Å²) in [5.74, 6) is 0.740. The van der Waals surface area contributed by atoms with Crippen LogP contribution in [0.15, 0.2) is 10.7 Å². The first kappa shape index (κ1) is 16.4. The summed E-state index contributed by atoms with van der Waals surface area (Å²) in [5, 5.41) is 0. The molecule has 18 heavy (non-hydrogen) atoms. The van der Waals surface area contributed by atoms with Crippen molar-refractivity contribution >= 4 is 11.8 Å². The van der Waals surface area contributed by atoms with Crippen LogP contribution in [0.2, 0.25) is 0 Å². The molecule has 1 aromatic heterocycles. The van der Waals surface area contributed by atoms with Crippen molar-refractivity contribution in [2.45, 2.75) is 40.5 Å². The van der Waals surface area contributed by atoms with Crippen LogP contribution in [0.1, 0.15) is 56.9 Å². The monoisotopic (exact) mass is 255 g/mol. The van der Waals surface area contributed by atoms with E-state index in [9.17, 15) is 9.59 Å². The molecule has 0 amide bonds. The van der Waals surface area contributed by atoms with Crippen molar-refractivity contribution in [1.29, 1.82) is 0 Å². The molecule has 102 valence electrons. The SMILES string of the molecule is CC(=O)C(C)C.COC(=O)c1coc(C(C)C)n1. The van der Waals surface area contributed by atoms with Gasteiger partial charge >= 0.3 is 5.97 Å². The van der Waals surface area contributed by atoms with E-state index in [1.54, 1.807) is 6.92 Å². The largest absolute Gasteiger partial charge is 0.464 e. The normalized spacial score (nSPS) is 10.0. The van der Waals surface area contributed by atoms with Gasteiger partial charge in [-0.3, -0.25) is 4.79 Å². The molecule has 0 fully saturated rings. The highest BCUT2D eigenvalue weighted by Gasteiger charge is 2.13. The molecule has 1 rings (SSSR count). The second-order valence-electron chi connectivity index (χ2n) is 4.48. The van der Waals surface area contributed by atoms with Gasteiger partial charge in [0.2, 0.25) is 0 Å². The van der Waals surface area contributed by atoms with Crippen LogP contribution in [-0.4, -0.2) is 23.8 Å². The molecule has 0 atom stereocenters. The van der Waals surface area contributed by atoms with E-state index in [1.807, 2.05) is 27.7 Å². The van der Waals surface area contributed by atoms with E-state index in [0.29, 0.717) is 5.89 Å². The van der Waals surface area contributed by atoms with Crippen molar-refractivity contribution in [2.75, 3.05) is 7.11 Å². The van der Waals surface area contributed by atoms with Crippen LogP contribution in [-0.2, 0) is 9.53 Å². The third-order valence-corrected chi connectivity index (χ3v) is 2.22. The summed E-state index contributed by atoms with van der Waals surface area (Å²) in [7, 11) is 1.31. The molecular weight excluding hydrogens is 234 g/mol. The van der Waals surface area contributed by atoms with Crippen LogP contribution < -0.4 is 0 Å². The summed E-state index contributed by atoms with van der Waals surface area (Å²) in [6, 6.07) is 0. The molecule has 5 nitrogen and oxygen atoms in total. The minimum atomic E-state index is -0.467. The average Bonchev–Trinajstić information content (AvgIpc) is 2.78. The molecule has 1 heterocycles. The van der Waals surface area contributed by atoms with Gasteiger partial charge in [0.15, 0.2) is 11.6 Å². The van der Waals surface area contributed by atoms with Gasteiger partial charge < -0.3 is 9.15 Å². The van der Waals surface area contributed by atoms with Crippen LogP contribution >= 0.6 is 0 Å². The maximum absolute atomic E-state index is 10.9. The number of nitrogens with zero attached hydrogens (tertiary/aromatic N) is 1. The summed E-state index contributed by atoms with van der Waals surface area (Å²) < 4.78 is 9.50. The third kappa shape index (κ3) is 5.61. The number of carbonyl (C=O) groups is 2. The van der Waals surface area contributed by atoms with Crippen LogP contribution in [0, 0.1) is 5.92 Å². The summed E-state index contributed by atoms with van der Waals surface area (Å²) in [4.78, 5) is 25.0. The molecule has 0 aliphatic rings. The van der Waals surface area contributed by atoms with Gasteiger partial charge in [-0.2, -0.15) is 0 Å². The van der Waals surface area contributed by atoms with Gasteiger partial charge in [0, 0.05) is 11.8 Å². The number of rotatable bonds is 3. The zero-order chi connectivity index (χ0) is 14.3. The number of esters is 1. The minimum absolute atomic E-state index is 0.184. The molecule has 0 saturated heterocycles. The number of oxazole rings is 1. The van der Waals surface area contributed by atoms with E-state index >= 15 is 0 Å². The zero-order valence-electron chi connectivity index (χ0n) is 11.8. The lowest BCUT2D eigenvalue weighted by molar-refractivity contribution is -0.119. The smallest absolute Gasteiger partial charge is 0.360 e. The number of carbonyl (C=O) groups excluding carboxylic acids is 2. The first-order valence-corrected chi connectivity index (χ1v) is 5.83. The Morgan fingerprint density at radius 1 is 1.28 bits per heavy atom. The maximum Gasteiger partial charge on any atom is 0.360 e. The molecular formula is C13H21NO4. The maximum atomic E-state index is 10.9. The lowest BCUT2D eigenvalue weighted by Gasteiger charge is -1.94. The number of methoxy groups -OCH3 is 1. The van der Waals surface area contributed by atoms with Gasteiger partial charge in [0.1, 0.15) is 12.0 Å². The van der Waals surface area contributed by atoms with Gasteiger partial charge in [-0.25, -0.2) is 9.78 Å². The van der Waals surface area contributed by atoms with E-state index in [1.165, 1.54) is 13.4 Å². The Bertz CT molecular complexity index is 393. The Hall–Kier alpha value is -1.65. The number of ketones is 1. The number of hydrogen-bond acceptors (Lipinski definition) is 5. The number of aromatic nitrogens is 1. The molecule has 0 N–H and O–H groups in total. The van der Waals surface area contributed by atoms with Gasteiger partial charge in [0.05, 0.1) is 7.11 Å². The molecule has 1 aromatic rings. The third-order valence-electron chi connectivity index (χ3n) is 2.22. The Morgan fingerprint density at radius 2 is 1.78 bits per heavy atom. The van der Waals surface area contributed by atoms with E-state index in [-0.39, 0.29) is 23.3 Å². The molecule has 5 heteroatoms. The highest BCUT2D eigenvalue weighted by Crippen LogP contribution is 2.13. The molecule has 0 saturated carbocycles. The molecule has 0 spiro atoms. The molecule has 0 aliphatic carbocycles. The fourth-order valence-corrected chi connectivity index (χ4v) is 0.751. The fourth-order valence-electron chi connectivity index (χ4n) is 0.751. The highest BCUT2D eigenvalue weighted by atomic mass is 16.5. The van der Waals surface area contributed by atoms with Crippen molar-refractivity contribution in [1.82, 2.24) is 4.98 Å². The Balaban J connectivity index is 0.000000411. The van der Waals surface area contributed by atoms with Crippen LogP contribution in [0.3, 0.4) is 0 Å².